The lowest BCUT2D eigenvalue weighted by Crippen LogP contribution is -2.10. The topological polar surface area (TPSA) is 42.2 Å². The number of nitrogens with zero attached hydrogens (tertiary/aromatic N) is 1. The van der Waals surface area contributed by atoms with Crippen LogP contribution in [0.25, 0.3) is 0 Å². The van der Waals surface area contributed by atoms with E-state index < -0.39 is 5.97 Å². The zero-order valence-electron chi connectivity index (χ0n) is 9.35. The molecule has 88 valence electrons. The van der Waals surface area contributed by atoms with Gasteiger partial charge in [0.25, 0.3) is 0 Å². The number of carboxylic acid groups (broad SMARTS) is 1. The van der Waals surface area contributed by atoms with E-state index >= 15 is 0 Å². The lowest BCUT2D eigenvalue weighted by atomic mass is 10.2. The van der Waals surface area contributed by atoms with Gasteiger partial charge in [-0.15, -0.1) is 0 Å². The van der Waals surface area contributed by atoms with Gasteiger partial charge < -0.3 is 9.67 Å². The summed E-state index contributed by atoms with van der Waals surface area (Å²) in [5.74, 6) is -1.29. The Morgan fingerprint density at radius 3 is 2.82 bits per heavy atom. The molecule has 3 nitrogen and oxygen atoms in total. The molecule has 0 saturated carbocycles. The molecule has 2 rings (SSSR count). The average molecular weight is 233 g/mol. The van der Waals surface area contributed by atoms with Crippen molar-refractivity contribution < 1.29 is 14.3 Å². The highest BCUT2D eigenvalue weighted by molar-refractivity contribution is 5.87. The van der Waals surface area contributed by atoms with E-state index in [9.17, 15) is 9.18 Å². The van der Waals surface area contributed by atoms with Gasteiger partial charge in [0, 0.05) is 12.7 Å². The van der Waals surface area contributed by atoms with Crippen molar-refractivity contribution in [2.45, 2.75) is 13.5 Å². The first-order valence-corrected chi connectivity index (χ1v) is 5.21. The van der Waals surface area contributed by atoms with Crippen molar-refractivity contribution in [1.82, 2.24) is 4.57 Å². The highest BCUT2D eigenvalue weighted by atomic mass is 19.1. The van der Waals surface area contributed by atoms with Crippen LogP contribution < -0.4 is 0 Å². The maximum absolute atomic E-state index is 13.0. The fraction of sp³-hybridized carbons (Fsp3) is 0.154. The lowest BCUT2D eigenvalue weighted by molar-refractivity contribution is 0.0685. The number of hydrogen-bond acceptors (Lipinski definition) is 1. The standard InChI is InChI=1S/C13H12FNO2/c1-9-5-6-15(12(9)13(16)17)8-10-3-2-4-11(14)7-10/h2-7H,8H2,1H3,(H,16,17). The molecule has 0 saturated heterocycles. The first kappa shape index (κ1) is 11.4. The molecule has 17 heavy (non-hydrogen) atoms. The van der Waals surface area contributed by atoms with E-state index in [1.54, 1.807) is 35.9 Å². The van der Waals surface area contributed by atoms with Gasteiger partial charge in [0.15, 0.2) is 0 Å². The van der Waals surface area contributed by atoms with Crippen LogP contribution in [-0.2, 0) is 6.54 Å². The minimum Gasteiger partial charge on any atom is -0.477 e. The molecule has 1 aromatic heterocycles. The van der Waals surface area contributed by atoms with Gasteiger partial charge in [-0.2, -0.15) is 0 Å². The van der Waals surface area contributed by atoms with Crippen molar-refractivity contribution in [3.63, 3.8) is 0 Å². The van der Waals surface area contributed by atoms with Crippen molar-refractivity contribution >= 4 is 5.97 Å². The van der Waals surface area contributed by atoms with Crippen LogP contribution in [0.5, 0.6) is 0 Å². The predicted octanol–water partition coefficient (Wildman–Crippen LogP) is 2.68. The molecule has 0 bridgehead atoms. The maximum atomic E-state index is 13.0. The largest absolute Gasteiger partial charge is 0.477 e. The van der Waals surface area contributed by atoms with Gasteiger partial charge in [-0.1, -0.05) is 12.1 Å². The van der Waals surface area contributed by atoms with E-state index in [1.807, 2.05) is 0 Å². The van der Waals surface area contributed by atoms with Crippen molar-refractivity contribution in [1.29, 1.82) is 0 Å². The molecule has 0 atom stereocenters. The highest BCUT2D eigenvalue weighted by Gasteiger charge is 2.13. The molecule has 1 N–H and O–H groups in total. The Hall–Kier alpha value is -2.10. The quantitative estimate of drug-likeness (QED) is 0.885. The minimum atomic E-state index is -0.969. The molecule has 0 aliphatic heterocycles. The summed E-state index contributed by atoms with van der Waals surface area (Å²) in [5, 5.41) is 9.07. The lowest BCUT2D eigenvalue weighted by Gasteiger charge is -2.07. The fourth-order valence-electron chi connectivity index (χ4n) is 1.84. The van der Waals surface area contributed by atoms with Gasteiger partial charge in [-0.25, -0.2) is 9.18 Å². The molecule has 0 unspecified atom stereocenters. The van der Waals surface area contributed by atoms with Crippen molar-refractivity contribution in [3.8, 4) is 0 Å². The molecular weight excluding hydrogens is 221 g/mol. The van der Waals surface area contributed by atoms with Gasteiger partial charge in [0.1, 0.15) is 11.5 Å². The summed E-state index contributed by atoms with van der Waals surface area (Å²) in [6, 6.07) is 7.89. The van der Waals surface area contributed by atoms with Crippen molar-refractivity contribution in [3.05, 3.63) is 59.2 Å². The summed E-state index contributed by atoms with van der Waals surface area (Å²) in [7, 11) is 0. The summed E-state index contributed by atoms with van der Waals surface area (Å²) < 4.78 is 14.6. The van der Waals surface area contributed by atoms with Gasteiger partial charge in [-0.05, 0) is 36.2 Å². The van der Waals surface area contributed by atoms with Crippen LogP contribution in [-0.4, -0.2) is 15.6 Å². The Labute approximate surface area is 98.1 Å². The summed E-state index contributed by atoms with van der Waals surface area (Å²) in [6.45, 7) is 2.10. The zero-order chi connectivity index (χ0) is 12.4. The number of aryl methyl sites for hydroxylation is 1. The number of aromatic carboxylic acids is 1. The third-order valence-electron chi connectivity index (χ3n) is 2.61. The number of halogens is 1. The third-order valence-corrected chi connectivity index (χ3v) is 2.61. The van der Waals surface area contributed by atoms with E-state index in [0.29, 0.717) is 12.1 Å². The van der Waals surface area contributed by atoms with E-state index in [2.05, 4.69) is 0 Å². The van der Waals surface area contributed by atoms with Crippen LogP contribution in [0.3, 0.4) is 0 Å². The smallest absolute Gasteiger partial charge is 0.352 e. The monoisotopic (exact) mass is 233 g/mol. The molecule has 2 aromatic rings. The molecule has 0 fully saturated rings. The van der Waals surface area contributed by atoms with E-state index in [1.165, 1.54) is 12.1 Å². The number of rotatable bonds is 3. The second-order valence-electron chi connectivity index (χ2n) is 3.91. The van der Waals surface area contributed by atoms with Gasteiger partial charge in [0.05, 0.1) is 0 Å². The SMILES string of the molecule is Cc1ccn(Cc2cccc(F)c2)c1C(=O)O. The number of benzene rings is 1. The third kappa shape index (κ3) is 2.36. The summed E-state index contributed by atoms with van der Waals surface area (Å²) in [5.41, 5.74) is 1.69. The maximum Gasteiger partial charge on any atom is 0.352 e. The summed E-state index contributed by atoms with van der Waals surface area (Å²) in [6.07, 6.45) is 1.70. The van der Waals surface area contributed by atoms with Crippen LogP contribution in [0.1, 0.15) is 21.6 Å². The number of aromatic nitrogens is 1. The van der Waals surface area contributed by atoms with Crippen molar-refractivity contribution in [2.75, 3.05) is 0 Å². The molecule has 0 aliphatic carbocycles. The summed E-state index contributed by atoms with van der Waals surface area (Å²) in [4.78, 5) is 11.1. The van der Waals surface area contributed by atoms with Crippen LogP contribution in [0, 0.1) is 12.7 Å². The molecule has 0 spiro atoms. The molecule has 0 radical (unpaired) electrons. The van der Waals surface area contributed by atoms with Crippen LogP contribution >= 0.6 is 0 Å². The second-order valence-corrected chi connectivity index (χ2v) is 3.91. The number of carboxylic acids is 1. The normalized spacial score (nSPS) is 10.5. The van der Waals surface area contributed by atoms with E-state index in [4.69, 9.17) is 5.11 Å². The molecule has 0 aliphatic rings. The number of carbonyl (C=O) groups is 1. The van der Waals surface area contributed by atoms with E-state index in [0.717, 1.165) is 5.56 Å². The Morgan fingerprint density at radius 1 is 1.41 bits per heavy atom. The van der Waals surface area contributed by atoms with Crippen LogP contribution in [0.4, 0.5) is 4.39 Å². The average Bonchev–Trinajstić information content (AvgIpc) is 2.59. The van der Waals surface area contributed by atoms with Gasteiger partial charge in [0.2, 0.25) is 0 Å². The molecule has 1 heterocycles. The van der Waals surface area contributed by atoms with Gasteiger partial charge >= 0.3 is 5.97 Å². The fourth-order valence-corrected chi connectivity index (χ4v) is 1.84. The Morgan fingerprint density at radius 2 is 2.18 bits per heavy atom. The molecule has 4 heteroatoms. The molecule has 0 amide bonds. The molecule has 1 aromatic carbocycles. The minimum absolute atomic E-state index is 0.245. The second kappa shape index (κ2) is 4.41. The first-order chi connectivity index (χ1) is 8.08. The van der Waals surface area contributed by atoms with Gasteiger partial charge in [-0.3, -0.25) is 0 Å². The first-order valence-electron chi connectivity index (χ1n) is 5.21. The van der Waals surface area contributed by atoms with Crippen LogP contribution in [0.2, 0.25) is 0 Å². The predicted molar refractivity (Wildman–Crippen MR) is 61.6 cm³/mol. The van der Waals surface area contributed by atoms with E-state index in [-0.39, 0.29) is 11.5 Å². The van der Waals surface area contributed by atoms with Crippen LogP contribution in [0.15, 0.2) is 36.5 Å². The Bertz CT molecular complexity index is 560. The number of hydrogen-bond donors (Lipinski definition) is 1. The zero-order valence-corrected chi connectivity index (χ0v) is 9.35. The summed E-state index contributed by atoms with van der Waals surface area (Å²) >= 11 is 0. The Kier molecular flexibility index (Phi) is 2.95. The van der Waals surface area contributed by atoms with Crippen molar-refractivity contribution in [2.24, 2.45) is 0 Å². The Balaban J connectivity index is 2.33. The highest BCUT2D eigenvalue weighted by Crippen LogP contribution is 2.13. The molecular formula is C13H12FNO2.